The van der Waals surface area contributed by atoms with E-state index in [2.05, 4.69) is 40.6 Å². The van der Waals surface area contributed by atoms with E-state index in [1.165, 1.54) is 24.0 Å². The fourth-order valence-electron chi connectivity index (χ4n) is 4.31. The van der Waals surface area contributed by atoms with Crippen molar-refractivity contribution in [1.82, 2.24) is 4.90 Å². The van der Waals surface area contributed by atoms with Crippen LogP contribution in [0.25, 0.3) is 0 Å². The number of likely N-dealkylation sites (tertiary alicyclic amines) is 1. The largest absolute Gasteiger partial charge is 0.370 e. The summed E-state index contributed by atoms with van der Waals surface area (Å²) in [6, 6.07) is 16.6. The predicted octanol–water partition coefficient (Wildman–Crippen LogP) is 3.12. The van der Waals surface area contributed by atoms with Gasteiger partial charge >= 0.3 is 0 Å². The van der Waals surface area contributed by atoms with Crippen molar-refractivity contribution in [2.24, 2.45) is 16.6 Å². The van der Waals surface area contributed by atoms with E-state index in [0.717, 1.165) is 17.7 Å². The number of hydrogen-bond acceptors (Lipinski definition) is 2. The summed E-state index contributed by atoms with van der Waals surface area (Å²) in [7, 11) is 1.87. The van der Waals surface area contributed by atoms with Gasteiger partial charge in [-0.1, -0.05) is 36.4 Å². The van der Waals surface area contributed by atoms with Crippen LogP contribution in [-0.4, -0.2) is 30.4 Å². The minimum Gasteiger partial charge on any atom is -0.370 e. The average Bonchev–Trinajstić information content (AvgIpc) is 3.25. The molecule has 1 aliphatic heterocycles. The van der Waals surface area contributed by atoms with Crippen LogP contribution in [0.1, 0.15) is 35.6 Å². The molecule has 0 bridgehead atoms. The molecule has 1 fully saturated rings. The first-order valence-corrected chi connectivity index (χ1v) is 9.61. The van der Waals surface area contributed by atoms with Crippen LogP contribution in [0.15, 0.2) is 53.5 Å². The highest BCUT2D eigenvalue weighted by molar-refractivity contribution is 5.92. The third kappa shape index (κ3) is 3.68. The summed E-state index contributed by atoms with van der Waals surface area (Å²) in [4.78, 5) is 18.6. The molecule has 5 nitrogen and oxygen atoms in total. The van der Waals surface area contributed by atoms with Crippen LogP contribution < -0.4 is 11.1 Å². The number of carbonyl (C=O) groups is 1. The Bertz CT molecular complexity index is 862. The standard InChI is InChI=1S/C22H26N4O/c1-26-20(27)13-18(21(26)16-6-3-2-4-7-16)14-24-22(23)25-19-11-10-15-8-5-9-17(15)12-19/h2-4,6-7,10-12,18,21H,5,8-9,13-14H2,1H3,(H3,23,24,25)/t18-,21-/m0/s1. The Morgan fingerprint density at radius 1 is 1.19 bits per heavy atom. The van der Waals surface area contributed by atoms with E-state index >= 15 is 0 Å². The lowest BCUT2D eigenvalue weighted by molar-refractivity contribution is -0.127. The number of nitrogens with one attached hydrogen (secondary N) is 1. The lowest BCUT2D eigenvalue weighted by Crippen LogP contribution is -2.27. The van der Waals surface area contributed by atoms with E-state index in [9.17, 15) is 4.79 Å². The van der Waals surface area contributed by atoms with Gasteiger partial charge in [-0.2, -0.15) is 0 Å². The fourth-order valence-corrected chi connectivity index (χ4v) is 4.31. The molecule has 3 N–H and O–H groups in total. The van der Waals surface area contributed by atoms with Crippen molar-refractivity contribution in [3.8, 4) is 0 Å². The minimum atomic E-state index is 0.0512. The summed E-state index contributed by atoms with van der Waals surface area (Å²) in [5.41, 5.74) is 11.1. The summed E-state index contributed by atoms with van der Waals surface area (Å²) >= 11 is 0. The first-order valence-electron chi connectivity index (χ1n) is 9.61. The quantitative estimate of drug-likeness (QED) is 0.648. The Kier molecular flexibility index (Phi) is 4.84. The van der Waals surface area contributed by atoms with Gasteiger partial charge in [-0.3, -0.25) is 9.79 Å². The number of rotatable bonds is 4. The number of aliphatic imine (C=N–C) groups is 1. The van der Waals surface area contributed by atoms with Gasteiger partial charge in [0, 0.05) is 31.6 Å². The number of nitrogens with zero attached hydrogens (tertiary/aromatic N) is 2. The number of guanidine groups is 1. The number of hydrogen-bond donors (Lipinski definition) is 2. The van der Waals surface area contributed by atoms with Crippen LogP contribution >= 0.6 is 0 Å². The highest BCUT2D eigenvalue weighted by atomic mass is 16.2. The molecule has 0 unspecified atom stereocenters. The van der Waals surface area contributed by atoms with Gasteiger partial charge in [0.1, 0.15) is 0 Å². The van der Waals surface area contributed by atoms with Crippen LogP contribution in [0.2, 0.25) is 0 Å². The summed E-state index contributed by atoms with van der Waals surface area (Å²) in [5.74, 6) is 0.696. The van der Waals surface area contributed by atoms with Gasteiger partial charge < -0.3 is 16.0 Å². The van der Waals surface area contributed by atoms with E-state index in [1.54, 1.807) is 0 Å². The number of anilines is 1. The molecule has 0 spiro atoms. The molecule has 140 valence electrons. The fraction of sp³-hybridized carbons (Fsp3) is 0.364. The van der Waals surface area contributed by atoms with Crippen molar-refractivity contribution in [1.29, 1.82) is 0 Å². The molecule has 2 aliphatic rings. The normalized spacial score (nSPS) is 22.2. The monoisotopic (exact) mass is 362 g/mol. The predicted molar refractivity (Wildman–Crippen MR) is 109 cm³/mol. The van der Waals surface area contributed by atoms with Gasteiger partial charge in [0.05, 0.1) is 6.04 Å². The van der Waals surface area contributed by atoms with Gasteiger partial charge in [-0.25, -0.2) is 0 Å². The number of fused-ring (bicyclic) bond motifs is 1. The summed E-state index contributed by atoms with van der Waals surface area (Å²) in [6.07, 6.45) is 4.04. The second-order valence-electron chi connectivity index (χ2n) is 7.51. The number of carbonyl (C=O) groups excluding carboxylic acids is 1. The van der Waals surface area contributed by atoms with Gasteiger partial charge in [-0.05, 0) is 48.1 Å². The lowest BCUT2D eigenvalue weighted by Gasteiger charge is -2.24. The van der Waals surface area contributed by atoms with Crippen molar-refractivity contribution in [3.05, 3.63) is 65.2 Å². The summed E-state index contributed by atoms with van der Waals surface area (Å²) in [5, 5.41) is 3.20. The molecule has 1 amide bonds. The topological polar surface area (TPSA) is 70.7 Å². The number of benzene rings is 2. The van der Waals surface area contributed by atoms with Gasteiger partial charge in [0.15, 0.2) is 5.96 Å². The number of nitrogens with two attached hydrogens (primary N) is 1. The van der Waals surface area contributed by atoms with Gasteiger partial charge in [0.25, 0.3) is 0 Å². The molecular formula is C22H26N4O. The van der Waals surface area contributed by atoms with Crippen molar-refractivity contribution >= 4 is 17.6 Å². The van der Waals surface area contributed by atoms with E-state index in [1.807, 2.05) is 30.1 Å². The maximum Gasteiger partial charge on any atom is 0.223 e. The second kappa shape index (κ2) is 7.43. The zero-order valence-electron chi connectivity index (χ0n) is 15.7. The van der Waals surface area contributed by atoms with Crippen molar-refractivity contribution < 1.29 is 4.79 Å². The number of amides is 1. The SMILES string of the molecule is CN1C(=O)C[C@@H](CN=C(N)Nc2ccc3c(c2)CCC3)[C@@H]1c1ccccc1. The third-order valence-corrected chi connectivity index (χ3v) is 5.70. The van der Waals surface area contributed by atoms with Crippen LogP contribution in [-0.2, 0) is 17.6 Å². The number of aryl methyl sites for hydroxylation is 2. The molecular weight excluding hydrogens is 336 g/mol. The smallest absolute Gasteiger partial charge is 0.223 e. The maximum atomic E-state index is 12.2. The Hall–Kier alpha value is -2.82. The van der Waals surface area contributed by atoms with E-state index in [-0.39, 0.29) is 17.9 Å². The van der Waals surface area contributed by atoms with Gasteiger partial charge in [-0.15, -0.1) is 0 Å². The molecule has 1 aliphatic carbocycles. The molecule has 2 atom stereocenters. The average molecular weight is 362 g/mol. The Morgan fingerprint density at radius 2 is 1.96 bits per heavy atom. The maximum absolute atomic E-state index is 12.2. The molecule has 2 aromatic rings. The molecule has 2 aromatic carbocycles. The van der Waals surface area contributed by atoms with Gasteiger partial charge in [0.2, 0.25) is 5.91 Å². The van der Waals surface area contributed by atoms with E-state index < -0.39 is 0 Å². The highest BCUT2D eigenvalue weighted by Crippen LogP contribution is 2.37. The second-order valence-corrected chi connectivity index (χ2v) is 7.51. The molecule has 5 heteroatoms. The highest BCUT2D eigenvalue weighted by Gasteiger charge is 2.38. The summed E-state index contributed by atoms with van der Waals surface area (Å²) < 4.78 is 0. The van der Waals surface area contributed by atoms with Crippen LogP contribution in [0.3, 0.4) is 0 Å². The molecule has 1 heterocycles. The van der Waals surface area contributed by atoms with Crippen LogP contribution in [0, 0.1) is 5.92 Å². The molecule has 27 heavy (non-hydrogen) atoms. The first-order chi connectivity index (χ1) is 13.1. The van der Waals surface area contributed by atoms with Crippen molar-refractivity contribution in [2.45, 2.75) is 31.7 Å². The molecule has 0 saturated carbocycles. The zero-order valence-corrected chi connectivity index (χ0v) is 15.7. The van der Waals surface area contributed by atoms with E-state index in [4.69, 9.17) is 5.73 Å². The minimum absolute atomic E-state index is 0.0512. The molecule has 0 aromatic heterocycles. The van der Waals surface area contributed by atoms with Crippen molar-refractivity contribution in [3.63, 3.8) is 0 Å². The zero-order chi connectivity index (χ0) is 18.8. The third-order valence-electron chi connectivity index (χ3n) is 5.70. The molecule has 0 radical (unpaired) electrons. The van der Waals surface area contributed by atoms with Crippen LogP contribution in [0.5, 0.6) is 0 Å². The Labute approximate surface area is 160 Å². The summed E-state index contributed by atoms with van der Waals surface area (Å²) in [6.45, 7) is 0.527. The van der Waals surface area contributed by atoms with Crippen molar-refractivity contribution in [2.75, 3.05) is 18.9 Å². The molecule has 4 rings (SSSR count). The first kappa shape index (κ1) is 17.6. The Balaban J connectivity index is 1.45. The van der Waals surface area contributed by atoms with E-state index in [0.29, 0.717) is 18.9 Å². The lowest BCUT2D eigenvalue weighted by atomic mass is 9.94. The molecule has 1 saturated heterocycles. The Morgan fingerprint density at radius 3 is 2.78 bits per heavy atom. The van der Waals surface area contributed by atoms with Crippen LogP contribution in [0.4, 0.5) is 5.69 Å².